The summed E-state index contributed by atoms with van der Waals surface area (Å²) < 4.78 is 5.33. The predicted molar refractivity (Wildman–Crippen MR) is 122 cm³/mol. The Morgan fingerprint density at radius 1 is 1.10 bits per heavy atom. The molecule has 0 unspecified atom stereocenters. The molecule has 0 radical (unpaired) electrons. The average molecular weight is 422 g/mol. The second kappa shape index (κ2) is 9.46. The minimum Gasteiger partial charge on any atom is -0.457 e. The molecule has 0 aromatic heterocycles. The molecule has 1 fully saturated rings. The van der Waals surface area contributed by atoms with Crippen molar-refractivity contribution in [3.05, 3.63) is 64.2 Å². The maximum absolute atomic E-state index is 12.7. The van der Waals surface area contributed by atoms with Crippen molar-refractivity contribution in [1.29, 1.82) is 0 Å². The van der Waals surface area contributed by atoms with E-state index < -0.39 is 11.9 Å². The van der Waals surface area contributed by atoms with E-state index in [9.17, 15) is 14.4 Å². The van der Waals surface area contributed by atoms with Crippen molar-refractivity contribution in [2.24, 2.45) is 5.92 Å². The lowest BCUT2D eigenvalue weighted by Gasteiger charge is -2.23. The van der Waals surface area contributed by atoms with Crippen LogP contribution >= 0.6 is 0 Å². The molecule has 0 spiro atoms. The Balaban J connectivity index is 1.66. The van der Waals surface area contributed by atoms with Crippen LogP contribution in [0.5, 0.6) is 0 Å². The number of aryl methyl sites for hydroxylation is 3. The van der Waals surface area contributed by atoms with Gasteiger partial charge in [-0.3, -0.25) is 14.4 Å². The second-order valence-electron chi connectivity index (χ2n) is 8.56. The Morgan fingerprint density at radius 3 is 2.48 bits per heavy atom. The zero-order chi connectivity index (χ0) is 22.7. The molecule has 5 heteroatoms. The fourth-order valence-electron chi connectivity index (χ4n) is 4.06. The highest BCUT2D eigenvalue weighted by atomic mass is 16.5. The first-order chi connectivity index (χ1) is 14.7. The van der Waals surface area contributed by atoms with Gasteiger partial charge in [0.2, 0.25) is 11.7 Å². The summed E-state index contributed by atoms with van der Waals surface area (Å²) in [6, 6.07) is 11.6. The molecule has 2 aromatic carbocycles. The molecule has 1 aliphatic rings. The molecule has 2 aromatic rings. The Kier molecular flexibility index (Phi) is 6.94. The normalized spacial score (nSPS) is 17.0. The second-order valence-corrected chi connectivity index (χ2v) is 8.56. The first-order valence-corrected chi connectivity index (χ1v) is 10.9. The molecule has 0 bridgehead atoms. The van der Waals surface area contributed by atoms with E-state index in [0.717, 1.165) is 34.4 Å². The standard InChI is InChI=1S/C26H31NO4/c1-6-16(2)21-9-7-8-10-23(21)27-14-20(13-25(27)29)26(30)31-15-24(28)22-12-18(4)17(3)11-19(22)5/h7-12,16,20H,6,13-15H2,1-5H3/t16-,20+/m1/s1. The average Bonchev–Trinajstić information content (AvgIpc) is 3.15. The van der Waals surface area contributed by atoms with Gasteiger partial charge >= 0.3 is 5.97 Å². The van der Waals surface area contributed by atoms with E-state index in [4.69, 9.17) is 4.74 Å². The van der Waals surface area contributed by atoms with E-state index in [-0.39, 0.29) is 31.3 Å². The molecule has 0 N–H and O–H groups in total. The van der Waals surface area contributed by atoms with E-state index in [1.54, 1.807) is 4.90 Å². The van der Waals surface area contributed by atoms with Crippen molar-refractivity contribution in [3.8, 4) is 0 Å². The lowest BCUT2D eigenvalue weighted by atomic mass is 9.96. The van der Waals surface area contributed by atoms with Crippen molar-refractivity contribution in [1.82, 2.24) is 0 Å². The Labute approximate surface area is 184 Å². The molecule has 0 aliphatic carbocycles. The van der Waals surface area contributed by atoms with Crippen LogP contribution in [0, 0.1) is 26.7 Å². The van der Waals surface area contributed by atoms with Gasteiger partial charge in [0.15, 0.2) is 6.61 Å². The number of hydrogen-bond acceptors (Lipinski definition) is 4. The van der Waals surface area contributed by atoms with Crippen LogP contribution in [0.15, 0.2) is 36.4 Å². The molecular formula is C26H31NO4. The summed E-state index contributed by atoms with van der Waals surface area (Å²) in [7, 11) is 0. The van der Waals surface area contributed by atoms with Crippen molar-refractivity contribution < 1.29 is 19.1 Å². The fourth-order valence-corrected chi connectivity index (χ4v) is 4.06. The highest BCUT2D eigenvalue weighted by Crippen LogP contribution is 2.33. The Morgan fingerprint density at radius 2 is 1.77 bits per heavy atom. The molecule has 31 heavy (non-hydrogen) atoms. The summed E-state index contributed by atoms with van der Waals surface area (Å²) in [4.78, 5) is 39.6. The van der Waals surface area contributed by atoms with Crippen LogP contribution in [0.3, 0.4) is 0 Å². The maximum Gasteiger partial charge on any atom is 0.311 e. The number of carbonyl (C=O) groups is 3. The number of Topliss-reactive ketones (excluding diaryl/α,β-unsaturated/α-hetero) is 1. The SMILES string of the molecule is CC[C@@H](C)c1ccccc1N1C[C@@H](C(=O)OCC(=O)c2cc(C)c(C)cc2C)CC1=O. The highest BCUT2D eigenvalue weighted by Gasteiger charge is 2.37. The number of esters is 1. The molecular weight excluding hydrogens is 390 g/mol. The minimum absolute atomic E-state index is 0.0889. The van der Waals surface area contributed by atoms with Gasteiger partial charge in [0.05, 0.1) is 5.92 Å². The first-order valence-electron chi connectivity index (χ1n) is 10.9. The van der Waals surface area contributed by atoms with Gasteiger partial charge in [-0.05, 0) is 67.5 Å². The summed E-state index contributed by atoms with van der Waals surface area (Å²) in [5, 5.41) is 0. The van der Waals surface area contributed by atoms with Crippen LogP contribution < -0.4 is 4.90 Å². The van der Waals surface area contributed by atoms with Crippen LogP contribution in [0.25, 0.3) is 0 Å². The quantitative estimate of drug-likeness (QED) is 0.471. The van der Waals surface area contributed by atoms with Gasteiger partial charge in [-0.25, -0.2) is 0 Å². The van der Waals surface area contributed by atoms with Gasteiger partial charge in [-0.2, -0.15) is 0 Å². The molecule has 164 valence electrons. The lowest BCUT2D eigenvalue weighted by molar-refractivity contribution is -0.147. The van der Waals surface area contributed by atoms with Crippen molar-refractivity contribution in [2.45, 2.75) is 53.4 Å². The first kappa shape index (κ1) is 22.7. The fraction of sp³-hybridized carbons (Fsp3) is 0.423. The molecule has 2 atom stereocenters. The third kappa shape index (κ3) is 4.87. The summed E-state index contributed by atoms with van der Waals surface area (Å²) >= 11 is 0. The number of benzene rings is 2. The van der Waals surface area contributed by atoms with E-state index in [1.807, 2.05) is 57.2 Å². The summed E-state index contributed by atoms with van der Waals surface area (Å²) in [5.41, 5.74) is 5.55. The molecule has 3 rings (SSSR count). The number of carbonyl (C=O) groups excluding carboxylic acids is 3. The number of ketones is 1. The van der Waals surface area contributed by atoms with Gasteiger partial charge in [-0.1, -0.05) is 38.1 Å². The number of rotatable bonds is 7. The molecule has 1 amide bonds. The van der Waals surface area contributed by atoms with Gasteiger partial charge in [0, 0.05) is 24.2 Å². The minimum atomic E-state index is -0.564. The van der Waals surface area contributed by atoms with Crippen molar-refractivity contribution in [2.75, 3.05) is 18.1 Å². The van der Waals surface area contributed by atoms with Crippen LogP contribution in [0.1, 0.15) is 65.2 Å². The molecule has 1 heterocycles. The van der Waals surface area contributed by atoms with Crippen LogP contribution in [0.4, 0.5) is 5.69 Å². The van der Waals surface area contributed by atoms with Gasteiger partial charge in [0.25, 0.3) is 0 Å². The summed E-state index contributed by atoms with van der Waals surface area (Å²) in [6.07, 6.45) is 1.06. The van der Waals surface area contributed by atoms with Crippen LogP contribution in [-0.2, 0) is 14.3 Å². The van der Waals surface area contributed by atoms with E-state index in [1.165, 1.54) is 0 Å². The maximum atomic E-state index is 12.7. The molecule has 5 nitrogen and oxygen atoms in total. The monoisotopic (exact) mass is 421 g/mol. The van der Waals surface area contributed by atoms with Crippen molar-refractivity contribution in [3.63, 3.8) is 0 Å². The van der Waals surface area contributed by atoms with Gasteiger partial charge in [-0.15, -0.1) is 0 Å². The van der Waals surface area contributed by atoms with Gasteiger partial charge < -0.3 is 9.64 Å². The van der Waals surface area contributed by atoms with E-state index >= 15 is 0 Å². The van der Waals surface area contributed by atoms with Crippen LogP contribution in [-0.4, -0.2) is 30.8 Å². The summed E-state index contributed by atoms with van der Waals surface area (Å²) in [5.74, 6) is -1.06. The zero-order valence-corrected chi connectivity index (χ0v) is 19.0. The lowest BCUT2D eigenvalue weighted by Crippen LogP contribution is -2.28. The third-order valence-electron chi connectivity index (χ3n) is 6.32. The Bertz CT molecular complexity index is 1010. The van der Waals surface area contributed by atoms with E-state index in [2.05, 4.69) is 13.8 Å². The third-order valence-corrected chi connectivity index (χ3v) is 6.32. The number of nitrogens with zero attached hydrogens (tertiary/aromatic N) is 1. The number of ether oxygens (including phenoxy) is 1. The highest BCUT2D eigenvalue weighted by molar-refractivity contribution is 6.02. The van der Waals surface area contributed by atoms with Gasteiger partial charge in [0.1, 0.15) is 0 Å². The zero-order valence-electron chi connectivity index (χ0n) is 19.0. The number of amides is 1. The topological polar surface area (TPSA) is 63.7 Å². The predicted octanol–water partition coefficient (Wildman–Crippen LogP) is 4.90. The van der Waals surface area contributed by atoms with Crippen LogP contribution in [0.2, 0.25) is 0 Å². The smallest absolute Gasteiger partial charge is 0.311 e. The van der Waals surface area contributed by atoms with E-state index in [0.29, 0.717) is 11.5 Å². The number of hydrogen-bond donors (Lipinski definition) is 0. The molecule has 1 saturated heterocycles. The number of anilines is 1. The molecule has 1 aliphatic heterocycles. The Hall–Kier alpha value is -2.95. The molecule has 0 saturated carbocycles. The largest absolute Gasteiger partial charge is 0.457 e. The number of para-hydroxylation sites is 1. The summed E-state index contributed by atoms with van der Waals surface area (Å²) in [6.45, 7) is 10.0. The van der Waals surface area contributed by atoms with Crippen molar-refractivity contribution >= 4 is 23.3 Å².